The zero-order chi connectivity index (χ0) is 34.2. The highest BCUT2D eigenvalue weighted by Crippen LogP contribution is 2.53. The van der Waals surface area contributed by atoms with Gasteiger partial charge in [0.15, 0.2) is 5.54 Å². The molecule has 2 aliphatic heterocycles. The summed E-state index contributed by atoms with van der Waals surface area (Å²) in [6.45, 7) is 6.35. The van der Waals surface area contributed by atoms with Gasteiger partial charge in [-0.05, 0) is 74.5 Å². The Morgan fingerprint density at radius 3 is 2.31 bits per heavy atom. The van der Waals surface area contributed by atoms with Crippen molar-refractivity contribution in [2.45, 2.75) is 24.3 Å². The SMILES string of the molecule is CCOc1ccccc1C1(N2CCN(c3ccncc3)CC2)C(=O)N(S(=O)(=O)c2ccc(OCC)c3cccnc23)c2ccc(C#N)cc21. The Morgan fingerprint density at radius 2 is 1.57 bits per heavy atom. The molecule has 0 bridgehead atoms. The predicted octanol–water partition coefficient (Wildman–Crippen LogP) is 5.10. The smallest absolute Gasteiger partial charge is 0.273 e. The summed E-state index contributed by atoms with van der Waals surface area (Å²) >= 11 is 0. The molecule has 7 rings (SSSR count). The average Bonchev–Trinajstić information content (AvgIpc) is 3.40. The molecular formula is C37H34N6O5S. The number of nitrogens with zero attached hydrogens (tertiary/aromatic N) is 6. The second-order valence-corrected chi connectivity index (χ2v) is 13.4. The van der Waals surface area contributed by atoms with Crippen LogP contribution in [0.1, 0.15) is 30.5 Å². The van der Waals surface area contributed by atoms with Gasteiger partial charge in [-0.1, -0.05) is 18.2 Å². The molecule has 3 aromatic carbocycles. The number of carbonyl (C=O) groups excluding carboxylic acids is 1. The lowest BCUT2D eigenvalue weighted by atomic mass is 9.80. The van der Waals surface area contributed by atoms with E-state index in [1.165, 1.54) is 18.3 Å². The number of carbonyl (C=O) groups is 1. The molecule has 1 saturated heterocycles. The van der Waals surface area contributed by atoms with Crippen LogP contribution < -0.4 is 18.7 Å². The second kappa shape index (κ2) is 12.8. The van der Waals surface area contributed by atoms with Crippen LogP contribution in [-0.2, 0) is 20.4 Å². The lowest BCUT2D eigenvalue weighted by Gasteiger charge is -2.46. The highest BCUT2D eigenvalue weighted by molar-refractivity contribution is 7.93. The number of rotatable bonds is 9. The van der Waals surface area contributed by atoms with Crippen LogP contribution in [-0.4, -0.2) is 68.6 Å². The fourth-order valence-corrected chi connectivity index (χ4v) is 8.64. The third kappa shape index (κ3) is 5.13. The first kappa shape index (κ1) is 32.1. The van der Waals surface area contributed by atoms with Crippen molar-refractivity contribution in [3.63, 3.8) is 0 Å². The molecule has 11 nitrogen and oxygen atoms in total. The highest BCUT2D eigenvalue weighted by Gasteiger charge is 2.60. The van der Waals surface area contributed by atoms with E-state index in [4.69, 9.17) is 9.47 Å². The molecule has 12 heteroatoms. The number of anilines is 2. The van der Waals surface area contributed by atoms with E-state index in [1.54, 1.807) is 48.8 Å². The van der Waals surface area contributed by atoms with Crippen LogP contribution in [0.2, 0.25) is 0 Å². The first-order valence-electron chi connectivity index (χ1n) is 16.1. The van der Waals surface area contributed by atoms with Gasteiger partial charge in [0.05, 0.1) is 36.1 Å². The summed E-state index contributed by atoms with van der Waals surface area (Å²) in [7, 11) is -4.58. The first-order valence-corrected chi connectivity index (χ1v) is 17.6. The Kier molecular flexibility index (Phi) is 8.40. The van der Waals surface area contributed by atoms with Gasteiger partial charge in [-0.15, -0.1) is 0 Å². The van der Waals surface area contributed by atoms with Gasteiger partial charge in [0.2, 0.25) is 0 Å². The Balaban J connectivity index is 1.45. The van der Waals surface area contributed by atoms with E-state index in [-0.39, 0.29) is 16.1 Å². The van der Waals surface area contributed by atoms with E-state index in [2.05, 4.69) is 20.9 Å². The lowest BCUT2D eigenvalue weighted by molar-refractivity contribution is -0.127. The lowest BCUT2D eigenvalue weighted by Crippen LogP contribution is -2.60. The van der Waals surface area contributed by atoms with Crippen molar-refractivity contribution in [3.05, 3.63) is 114 Å². The number of aromatic nitrogens is 2. The third-order valence-corrected chi connectivity index (χ3v) is 10.8. The maximum Gasteiger partial charge on any atom is 0.273 e. The van der Waals surface area contributed by atoms with Crippen molar-refractivity contribution in [2.75, 3.05) is 48.6 Å². The summed E-state index contributed by atoms with van der Waals surface area (Å²) in [6.07, 6.45) is 4.99. The van der Waals surface area contributed by atoms with E-state index in [9.17, 15) is 13.7 Å². The van der Waals surface area contributed by atoms with E-state index in [0.29, 0.717) is 73.0 Å². The van der Waals surface area contributed by atoms with Crippen LogP contribution in [0.25, 0.3) is 10.9 Å². The van der Waals surface area contributed by atoms with Crippen molar-refractivity contribution < 1.29 is 22.7 Å². The number of benzene rings is 3. The molecule has 0 aliphatic carbocycles. The number of para-hydroxylation sites is 1. The van der Waals surface area contributed by atoms with Crippen LogP contribution >= 0.6 is 0 Å². The Morgan fingerprint density at radius 1 is 0.837 bits per heavy atom. The average molecular weight is 675 g/mol. The molecule has 2 aliphatic rings. The zero-order valence-corrected chi connectivity index (χ0v) is 27.9. The molecule has 0 saturated carbocycles. The monoisotopic (exact) mass is 674 g/mol. The molecule has 0 N–H and O–H groups in total. The summed E-state index contributed by atoms with van der Waals surface area (Å²) in [4.78, 5) is 28.2. The molecule has 49 heavy (non-hydrogen) atoms. The molecule has 1 fully saturated rings. The first-order chi connectivity index (χ1) is 23.9. The summed E-state index contributed by atoms with van der Waals surface area (Å²) in [5.74, 6) is 0.263. The fourth-order valence-electron chi connectivity index (χ4n) is 7.03. The van der Waals surface area contributed by atoms with Crippen molar-refractivity contribution in [1.29, 1.82) is 5.26 Å². The summed E-state index contributed by atoms with van der Waals surface area (Å²) in [6, 6.07) is 24.5. The minimum absolute atomic E-state index is 0.133. The number of piperazine rings is 1. The van der Waals surface area contributed by atoms with Crippen LogP contribution in [0.3, 0.4) is 0 Å². The van der Waals surface area contributed by atoms with Crippen LogP contribution in [0, 0.1) is 11.3 Å². The third-order valence-electron chi connectivity index (χ3n) is 9.10. The number of pyridine rings is 2. The summed E-state index contributed by atoms with van der Waals surface area (Å²) in [5, 5.41) is 10.6. The fraction of sp³-hybridized carbons (Fsp3) is 0.243. The van der Waals surface area contributed by atoms with Gasteiger partial charge in [0, 0.05) is 67.0 Å². The number of nitriles is 1. The molecule has 1 amide bonds. The Labute approximate surface area is 285 Å². The highest BCUT2D eigenvalue weighted by atomic mass is 32.2. The number of sulfonamides is 1. The maximum absolute atomic E-state index is 15.5. The minimum atomic E-state index is -4.58. The molecule has 2 aromatic heterocycles. The molecule has 0 radical (unpaired) electrons. The standard InChI is InChI=1S/C37H34N6O5S/c1-3-47-32-13-14-34(35-28(32)8-7-17-40-35)49(45,46)43-31-12-11-26(25-38)24-30(31)37(36(43)44,29-9-5-6-10-33(29)48-4-2)42-22-20-41(21-23-42)27-15-18-39-19-16-27/h5-19,24H,3-4,20-23H2,1-2H3. The normalized spacial score (nSPS) is 17.9. The molecular weight excluding hydrogens is 641 g/mol. The second-order valence-electron chi connectivity index (χ2n) is 11.6. The quantitative estimate of drug-likeness (QED) is 0.208. The van der Waals surface area contributed by atoms with Gasteiger partial charge in [-0.3, -0.25) is 19.7 Å². The van der Waals surface area contributed by atoms with E-state index in [0.717, 1.165) is 9.99 Å². The zero-order valence-electron chi connectivity index (χ0n) is 27.1. The number of ether oxygens (including phenoxy) is 2. The van der Waals surface area contributed by atoms with Crippen LogP contribution in [0.4, 0.5) is 11.4 Å². The molecule has 5 aromatic rings. The van der Waals surface area contributed by atoms with Gasteiger partial charge in [-0.25, -0.2) is 12.7 Å². The van der Waals surface area contributed by atoms with Gasteiger partial charge in [0.1, 0.15) is 16.4 Å². The van der Waals surface area contributed by atoms with Crippen molar-refractivity contribution >= 4 is 38.2 Å². The van der Waals surface area contributed by atoms with E-state index in [1.807, 2.05) is 49.1 Å². The molecule has 1 unspecified atom stereocenters. The van der Waals surface area contributed by atoms with Crippen molar-refractivity contribution in [1.82, 2.24) is 14.9 Å². The van der Waals surface area contributed by atoms with Gasteiger partial charge in [-0.2, -0.15) is 5.26 Å². The van der Waals surface area contributed by atoms with E-state index >= 15 is 4.79 Å². The topological polar surface area (TPSA) is 129 Å². The van der Waals surface area contributed by atoms with Gasteiger partial charge >= 0.3 is 0 Å². The summed E-state index contributed by atoms with van der Waals surface area (Å²) in [5.41, 5.74) is 0.921. The Bertz CT molecular complexity index is 2200. The predicted molar refractivity (Wildman–Crippen MR) is 185 cm³/mol. The number of fused-ring (bicyclic) bond motifs is 2. The number of hydrogen-bond donors (Lipinski definition) is 0. The largest absolute Gasteiger partial charge is 0.493 e. The Hall–Kier alpha value is -5.51. The van der Waals surface area contributed by atoms with Crippen molar-refractivity contribution in [2.24, 2.45) is 0 Å². The van der Waals surface area contributed by atoms with Crippen LogP contribution in [0.5, 0.6) is 11.5 Å². The van der Waals surface area contributed by atoms with E-state index < -0.39 is 21.5 Å². The number of amides is 1. The molecule has 1 atom stereocenters. The summed E-state index contributed by atoms with van der Waals surface area (Å²) < 4.78 is 42.8. The molecule has 4 heterocycles. The van der Waals surface area contributed by atoms with Crippen molar-refractivity contribution in [3.8, 4) is 17.6 Å². The van der Waals surface area contributed by atoms with Gasteiger partial charge in [0.25, 0.3) is 15.9 Å². The molecule has 248 valence electrons. The minimum Gasteiger partial charge on any atom is -0.493 e. The molecule has 0 spiro atoms. The number of hydrogen-bond acceptors (Lipinski definition) is 10. The maximum atomic E-state index is 15.5. The van der Waals surface area contributed by atoms with Gasteiger partial charge < -0.3 is 14.4 Å². The van der Waals surface area contributed by atoms with Crippen LogP contribution in [0.15, 0.2) is 102 Å².